The molecule has 0 saturated heterocycles. The first kappa shape index (κ1) is 15.2. The van der Waals surface area contributed by atoms with Crippen molar-refractivity contribution in [1.29, 1.82) is 0 Å². The number of aliphatic hydroxyl groups excluding tert-OH is 1. The van der Waals surface area contributed by atoms with Gasteiger partial charge in [0.2, 0.25) is 0 Å². The molecule has 0 bridgehead atoms. The Morgan fingerprint density at radius 3 is 2.57 bits per heavy atom. The van der Waals surface area contributed by atoms with Crippen LogP contribution in [0.15, 0.2) is 36.7 Å². The van der Waals surface area contributed by atoms with Crippen LogP contribution in [0.3, 0.4) is 0 Å². The van der Waals surface area contributed by atoms with Gasteiger partial charge in [-0.25, -0.2) is 4.39 Å². The number of nitrogens with zero attached hydrogens (tertiary/aromatic N) is 1. The van der Waals surface area contributed by atoms with Crippen LogP contribution in [0.1, 0.15) is 22.8 Å². The van der Waals surface area contributed by atoms with Gasteiger partial charge in [-0.2, -0.15) is 13.2 Å². The monoisotopic (exact) mass is 301 g/mol. The number of ether oxygens (including phenoxy) is 1. The van der Waals surface area contributed by atoms with Gasteiger partial charge in [0.1, 0.15) is 17.7 Å². The van der Waals surface area contributed by atoms with Crippen molar-refractivity contribution in [2.24, 2.45) is 0 Å². The first-order valence-electron chi connectivity index (χ1n) is 5.87. The second-order valence-corrected chi connectivity index (χ2v) is 4.26. The first-order chi connectivity index (χ1) is 9.84. The summed E-state index contributed by atoms with van der Waals surface area (Å²) in [7, 11) is 1.35. The van der Waals surface area contributed by atoms with Crippen molar-refractivity contribution in [2.45, 2.75) is 12.3 Å². The highest BCUT2D eigenvalue weighted by Crippen LogP contribution is 2.35. The predicted molar refractivity (Wildman–Crippen MR) is 66.3 cm³/mol. The van der Waals surface area contributed by atoms with E-state index in [1.807, 2.05) is 0 Å². The van der Waals surface area contributed by atoms with Gasteiger partial charge in [0, 0.05) is 11.8 Å². The SMILES string of the molecule is COc1cnccc1C(O)c1ccc(F)c(C(F)(F)F)c1. The third-order valence-corrected chi connectivity index (χ3v) is 2.94. The van der Waals surface area contributed by atoms with E-state index in [2.05, 4.69) is 4.98 Å². The van der Waals surface area contributed by atoms with Crippen LogP contribution in [0.4, 0.5) is 17.6 Å². The molecule has 21 heavy (non-hydrogen) atoms. The van der Waals surface area contributed by atoms with Crippen molar-refractivity contribution in [1.82, 2.24) is 4.98 Å². The molecule has 1 aromatic heterocycles. The van der Waals surface area contributed by atoms with Gasteiger partial charge < -0.3 is 9.84 Å². The highest BCUT2D eigenvalue weighted by Gasteiger charge is 2.34. The van der Waals surface area contributed by atoms with Crippen molar-refractivity contribution in [3.63, 3.8) is 0 Å². The number of aliphatic hydroxyl groups is 1. The van der Waals surface area contributed by atoms with E-state index in [4.69, 9.17) is 4.74 Å². The molecule has 7 heteroatoms. The molecule has 3 nitrogen and oxygen atoms in total. The Hall–Kier alpha value is -2.15. The molecule has 0 aliphatic carbocycles. The summed E-state index contributed by atoms with van der Waals surface area (Å²) in [5.41, 5.74) is -1.27. The number of hydrogen-bond acceptors (Lipinski definition) is 3. The molecule has 0 saturated carbocycles. The topological polar surface area (TPSA) is 42.4 Å². The minimum Gasteiger partial charge on any atom is -0.495 e. The van der Waals surface area contributed by atoms with E-state index >= 15 is 0 Å². The number of pyridine rings is 1. The molecule has 0 fully saturated rings. The Morgan fingerprint density at radius 1 is 1.24 bits per heavy atom. The fourth-order valence-electron chi connectivity index (χ4n) is 1.90. The van der Waals surface area contributed by atoms with E-state index in [1.165, 1.54) is 25.6 Å². The van der Waals surface area contributed by atoms with Crippen LogP contribution < -0.4 is 4.74 Å². The van der Waals surface area contributed by atoms with Crippen LogP contribution in [0.25, 0.3) is 0 Å². The first-order valence-corrected chi connectivity index (χ1v) is 5.87. The molecule has 1 atom stereocenters. The lowest BCUT2D eigenvalue weighted by atomic mass is 9.99. The molecule has 0 amide bonds. The van der Waals surface area contributed by atoms with E-state index in [9.17, 15) is 22.7 Å². The van der Waals surface area contributed by atoms with Crippen LogP contribution in [-0.2, 0) is 6.18 Å². The second kappa shape index (κ2) is 5.69. The summed E-state index contributed by atoms with van der Waals surface area (Å²) in [5.74, 6) is -1.16. The standard InChI is InChI=1S/C14H11F4NO2/c1-21-12-7-19-5-4-9(12)13(20)8-2-3-11(15)10(6-8)14(16,17)18/h2-7,13,20H,1H3. The second-order valence-electron chi connectivity index (χ2n) is 4.26. The minimum absolute atomic E-state index is 0.0896. The fourth-order valence-corrected chi connectivity index (χ4v) is 1.90. The lowest BCUT2D eigenvalue weighted by Crippen LogP contribution is -2.10. The van der Waals surface area contributed by atoms with Gasteiger partial charge in [0.05, 0.1) is 18.9 Å². The molecule has 1 N–H and O–H groups in total. The van der Waals surface area contributed by atoms with Crippen molar-refractivity contribution in [3.8, 4) is 5.75 Å². The number of halogens is 4. The molecule has 0 spiro atoms. The molecular formula is C14H11F4NO2. The molecule has 1 unspecified atom stereocenters. The minimum atomic E-state index is -4.83. The maximum Gasteiger partial charge on any atom is 0.419 e. The van der Waals surface area contributed by atoms with Gasteiger partial charge >= 0.3 is 6.18 Å². The summed E-state index contributed by atoms with van der Waals surface area (Å²) >= 11 is 0. The van der Waals surface area contributed by atoms with Crippen LogP contribution in [-0.4, -0.2) is 17.2 Å². The molecule has 112 valence electrons. The lowest BCUT2D eigenvalue weighted by molar-refractivity contribution is -0.140. The molecule has 1 aromatic carbocycles. The average molecular weight is 301 g/mol. The van der Waals surface area contributed by atoms with Gasteiger partial charge in [-0.05, 0) is 23.8 Å². The van der Waals surface area contributed by atoms with Gasteiger partial charge in [-0.15, -0.1) is 0 Å². The third-order valence-electron chi connectivity index (χ3n) is 2.94. The molecule has 0 aliphatic heterocycles. The summed E-state index contributed by atoms with van der Waals surface area (Å²) in [4.78, 5) is 3.79. The largest absolute Gasteiger partial charge is 0.495 e. The van der Waals surface area contributed by atoms with Gasteiger partial charge in [0.25, 0.3) is 0 Å². The highest BCUT2D eigenvalue weighted by atomic mass is 19.4. The number of methoxy groups -OCH3 is 1. The number of hydrogen-bond donors (Lipinski definition) is 1. The highest BCUT2D eigenvalue weighted by molar-refractivity contribution is 5.40. The number of aromatic nitrogens is 1. The van der Waals surface area contributed by atoms with Crippen molar-refractivity contribution >= 4 is 0 Å². The van der Waals surface area contributed by atoms with Gasteiger partial charge in [0.15, 0.2) is 0 Å². The van der Waals surface area contributed by atoms with Crippen molar-refractivity contribution < 1.29 is 27.4 Å². The number of alkyl halides is 3. The quantitative estimate of drug-likeness (QED) is 0.884. The van der Waals surface area contributed by atoms with Crippen LogP contribution in [0.2, 0.25) is 0 Å². The summed E-state index contributed by atoms with van der Waals surface area (Å²) in [6.45, 7) is 0. The van der Waals surface area contributed by atoms with E-state index < -0.39 is 23.7 Å². The molecule has 0 aliphatic rings. The Morgan fingerprint density at radius 2 is 1.95 bits per heavy atom. The zero-order valence-corrected chi connectivity index (χ0v) is 10.9. The van der Waals surface area contributed by atoms with Crippen molar-refractivity contribution in [2.75, 3.05) is 7.11 Å². The summed E-state index contributed by atoms with van der Waals surface area (Å²) in [6.07, 6.45) is -3.52. The number of rotatable bonds is 3. The van der Waals surface area contributed by atoms with E-state index in [1.54, 1.807) is 0 Å². The lowest BCUT2D eigenvalue weighted by Gasteiger charge is -2.16. The molecule has 1 heterocycles. The van der Waals surface area contributed by atoms with E-state index in [0.29, 0.717) is 12.1 Å². The Labute approximate surface area is 117 Å². The third kappa shape index (κ3) is 3.13. The molecule has 0 radical (unpaired) electrons. The van der Waals surface area contributed by atoms with Gasteiger partial charge in [-0.3, -0.25) is 4.98 Å². The molecule has 2 rings (SSSR count). The maximum absolute atomic E-state index is 13.2. The molecular weight excluding hydrogens is 290 g/mol. The fraction of sp³-hybridized carbons (Fsp3) is 0.214. The summed E-state index contributed by atoms with van der Waals surface area (Å²) < 4.78 is 56.3. The average Bonchev–Trinajstić information content (AvgIpc) is 2.45. The Bertz CT molecular complexity index is 643. The zero-order chi connectivity index (χ0) is 15.6. The Balaban J connectivity index is 2.47. The smallest absolute Gasteiger partial charge is 0.419 e. The zero-order valence-electron chi connectivity index (χ0n) is 10.9. The van der Waals surface area contributed by atoms with E-state index in [0.717, 1.165) is 6.07 Å². The summed E-state index contributed by atoms with van der Waals surface area (Å²) in [6, 6.07) is 3.77. The maximum atomic E-state index is 13.2. The Kier molecular flexibility index (Phi) is 4.13. The van der Waals surface area contributed by atoms with E-state index in [-0.39, 0.29) is 16.9 Å². The van der Waals surface area contributed by atoms with Crippen LogP contribution >= 0.6 is 0 Å². The number of benzene rings is 1. The van der Waals surface area contributed by atoms with Gasteiger partial charge in [-0.1, -0.05) is 6.07 Å². The van der Waals surface area contributed by atoms with Crippen molar-refractivity contribution in [3.05, 3.63) is 59.2 Å². The predicted octanol–water partition coefficient (Wildman–Crippen LogP) is 3.33. The van der Waals surface area contributed by atoms with Crippen LogP contribution in [0, 0.1) is 5.82 Å². The normalized spacial score (nSPS) is 13.0. The summed E-state index contributed by atoms with van der Waals surface area (Å²) in [5, 5.41) is 10.2. The molecule has 2 aromatic rings. The van der Waals surface area contributed by atoms with Crippen LogP contribution in [0.5, 0.6) is 5.75 Å².